The fourth-order valence-electron chi connectivity index (χ4n) is 3.79. The highest BCUT2D eigenvalue weighted by atomic mass is 32.2. The Bertz CT molecular complexity index is 1820. The van der Waals surface area contributed by atoms with Crippen LogP contribution < -0.4 is 10.1 Å². The number of amides is 1. The molecule has 0 atom stereocenters. The number of fused-ring (bicyclic) bond motifs is 1. The average molecular weight is 544 g/mol. The maximum Gasteiger partial charge on any atom is 0.259 e. The van der Waals surface area contributed by atoms with Crippen LogP contribution in [0.2, 0.25) is 0 Å². The van der Waals surface area contributed by atoms with Gasteiger partial charge in [-0.15, -0.1) is 10.2 Å². The van der Waals surface area contributed by atoms with E-state index >= 15 is 0 Å². The van der Waals surface area contributed by atoms with Crippen LogP contribution in [-0.2, 0) is 9.84 Å². The van der Waals surface area contributed by atoms with E-state index < -0.39 is 21.5 Å². The van der Waals surface area contributed by atoms with Crippen LogP contribution in [0.5, 0.6) is 11.5 Å². The summed E-state index contributed by atoms with van der Waals surface area (Å²) < 4.78 is 31.1. The lowest BCUT2D eigenvalue weighted by atomic mass is 10.0. The van der Waals surface area contributed by atoms with Gasteiger partial charge in [-0.05, 0) is 41.8 Å². The molecule has 39 heavy (non-hydrogen) atoms. The van der Waals surface area contributed by atoms with Gasteiger partial charge in [0.15, 0.2) is 21.4 Å². The maximum absolute atomic E-state index is 13.2. The lowest BCUT2D eigenvalue weighted by Crippen LogP contribution is -2.12. The van der Waals surface area contributed by atoms with Crippen LogP contribution >= 0.6 is 0 Å². The first-order valence-electron chi connectivity index (χ1n) is 11.4. The summed E-state index contributed by atoms with van der Waals surface area (Å²) in [5.74, 6) is -0.494. The lowest BCUT2D eigenvalue weighted by Gasteiger charge is -2.11. The van der Waals surface area contributed by atoms with Crippen molar-refractivity contribution in [2.24, 2.45) is 10.2 Å². The molecular weight excluding hydrogens is 522 g/mol. The van der Waals surface area contributed by atoms with Crippen molar-refractivity contribution in [3.8, 4) is 17.4 Å². The molecule has 13 heteroatoms. The number of sulfone groups is 1. The number of phenolic OH excluding ortho intramolecular Hbond substituents is 1. The van der Waals surface area contributed by atoms with Crippen LogP contribution in [0.1, 0.15) is 10.4 Å². The van der Waals surface area contributed by atoms with Gasteiger partial charge in [0, 0.05) is 29.7 Å². The van der Waals surface area contributed by atoms with Crippen molar-refractivity contribution in [2.45, 2.75) is 4.90 Å². The van der Waals surface area contributed by atoms with Gasteiger partial charge >= 0.3 is 0 Å². The Morgan fingerprint density at radius 1 is 1.03 bits per heavy atom. The molecule has 0 aliphatic heterocycles. The largest absolute Gasteiger partial charge is 0.505 e. The number of anilines is 1. The number of benzene rings is 3. The molecule has 0 radical (unpaired) electrons. The standard InChI is InChI=1S/C26H21N7O5S/c1-38-18-10-8-17(9-11-18)30-25(35)20-14-16-6-3-4-7-19(16)22(23(20)34)31-32-24-21(39(2,36)37)15-29-33(24)26-27-12-5-13-28-26/h3-15,34H,1-2H3,(H,30,35). The van der Waals surface area contributed by atoms with Gasteiger partial charge in [-0.1, -0.05) is 24.3 Å². The van der Waals surface area contributed by atoms with E-state index in [2.05, 4.69) is 30.6 Å². The molecule has 0 saturated heterocycles. The first-order chi connectivity index (χ1) is 18.8. The molecule has 0 aliphatic rings. The number of aromatic hydroxyl groups is 1. The van der Waals surface area contributed by atoms with Crippen LogP contribution in [0.3, 0.4) is 0 Å². The number of nitrogens with one attached hydrogen (secondary N) is 1. The number of hydrogen-bond acceptors (Lipinski definition) is 10. The number of hydrogen-bond donors (Lipinski definition) is 2. The number of azo groups is 1. The van der Waals surface area contributed by atoms with Crippen molar-refractivity contribution in [2.75, 3.05) is 18.7 Å². The van der Waals surface area contributed by atoms with Crippen molar-refractivity contribution in [1.82, 2.24) is 19.7 Å². The molecule has 196 valence electrons. The van der Waals surface area contributed by atoms with Gasteiger partial charge in [0.1, 0.15) is 16.3 Å². The molecule has 2 heterocycles. The molecule has 5 aromatic rings. The molecule has 0 fully saturated rings. The second kappa shape index (κ2) is 10.3. The SMILES string of the molecule is COc1ccc(NC(=O)c2cc3ccccc3c(N=Nc3c(S(C)(=O)=O)cnn3-c3ncccn3)c2O)cc1. The third-order valence-corrected chi connectivity index (χ3v) is 6.77. The number of carbonyl (C=O) groups excluding carboxylic acids is 1. The second-order valence-corrected chi connectivity index (χ2v) is 10.3. The summed E-state index contributed by atoms with van der Waals surface area (Å²) >= 11 is 0. The fraction of sp³-hybridized carbons (Fsp3) is 0.0769. The van der Waals surface area contributed by atoms with Crippen LogP contribution in [0, 0.1) is 0 Å². The Balaban J connectivity index is 1.61. The molecule has 0 bridgehead atoms. The second-order valence-electron chi connectivity index (χ2n) is 8.29. The smallest absolute Gasteiger partial charge is 0.259 e. The number of methoxy groups -OCH3 is 1. The topological polar surface area (TPSA) is 161 Å². The van der Waals surface area contributed by atoms with Crippen molar-refractivity contribution in [1.29, 1.82) is 0 Å². The summed E-state index contributed by atoms with van der Waals surface area (Å²) in [4.78, 5) is 21.1. The molecule has 2 N–H and O–H groups in total. The molecule has 1 amide bonds. The zero-order chi connectivity index (χ0) is 27.6. The molecule has 3 aromatic carbocycles. The fourth-order valence-corrected chi connectivity index (χ4v) is 4.49. The molecule has 0 aliphatic carbocycles. The van der Waals surface area contributed by atoms with Gasteiger partial charge in [0.25, 0.3) is 11.9 Å². The van der Waals surface area contributed by atoms with E-state index in [1.807, 2.05) is 0 Å². The van der Waals surface area contributed by atoms with Crippen LogP contribution in [0.25, 0.3) is 16.7 Å². The van der Waals surface area contributed by atoms with Gasteiger partial charge in [0.2, 0.25) is 0 Å². The summed E-state index contributed by atoms with van der Waals surface area (Å²) in [5, 5.41) is 27.4. The first-order valence-corrected chi connectivity index (χ1v) is 13.3. The van der Waals surface area contributed by atoms with Gasteiger partial charge < -0.3 is 15.2 Å². The molecule has 0 saturated carbocycles. The Hall–Kier alpha value is -5.17. The predicted molar refractivity (Wildman–Crippen MR) is 143 cm³/mol. The van der Waals surface area contributed by atoms with Gasteiger partial charge in [0.05, 0.1) is 18.9 Å². The van der Waals surface area contributed by atoms with Crippen LogP contribution in [-0.4, -0.2) is 52.5 Å². The first kappa shape index (κ1) is 25.5. The predicted octanol–water partition coefficient (Wildman–Crippen LogP) is 4.60. The third-order valence-electron chi connectivity index (χ3n) is 5.68. The number of ether oxygens (including phenoxy) is 1. The van der Waals surface area contributed by atoms with Gasteiger partial charge in [-0.3, -0.25) is 4.79 Å². The van der Waals surface area contributed by atoms with E-state index in [-0.39, 0.29) is 27.9 Å². The Kier molecular flexibility index (Phi) is 6.73. The molecule has 2 aromatic heterocycles. The zero-order valence-corrected chi connectivity index (χ0v) is 21.5. The highest BCUT2D eigenvalue weighted by Gasteiger charge is 2.23. The minimum absolute atomic E-state index is 0.0332. The summed E-state index contributed by atoms with van der Waals surface area (Å²) in [5.41, 5.74) is 0.400. The molecule has 5 rings (SSSR count). The normalized spacial score (nSPS) is 11.6. The van der Waals surface area contributed by atoms with Crippen molar-refractivity contribution in [3.63, 3.8) is 0 Å². The monoisotopic (exact) mass is 543 g/mol. The Morgan fingerprint density at radius 3 is 2.44 bits per heavy atom. The van der Waals surface area contributed by atoms with E-state index in [4.69, 9.17) is 4.74 Å². The lowest BCUT2D eigenvalue weighted by molar-refractivity contribution is 0.102. The summed E-state index contributed by atoms with van der Waals surface area (Å²) in [6, 6.07) is 16.8. The van der Waals surface area contributed by atoms with Crippen molar-refractivity contribution in [3.05, 3.63) is 84.8 Å². The van der Waals surface area contributed by atoms with E-state index in [0.29, 0.717) is 22.2 Å². The number of aromatic nitrogens is 4. The Morgan fingerprint density at radius 2 is 1.74 bits per heavy atom. The molecule has 0 unspecified atom stereocenters. The minimum Gasteiger partial charge on any atom is -0.505 e. The molecule has 0 spiro atoms. The van der Waals surface area contributed by atoms with Crippen LogP contribution in [0.15, 0.2) is 94.4 Å². The van der Waals surface area contributed by atoms with Crippen molar-refractivity contribution >= 4 is 43.7 Å². The third kappa shape index (κ3) is 5.15. The highest BCUT2D eigenvalue weighted by Crippen LogP contribution is 2.40. The quantitative estimate of drug-likeness (QED) is 0.282. The maximum atomic E-state index is 13.2. The van der Waals surface area contributed by atoms with E-state index in [0.717, 1.165) is 17.1 Å². The highest BCUT2D eigenvalue weighted by molar-refractivity contribution is 7.90. The van der Waals surface area contributed by atoms with Crippen LogP contribution in [0.4, 0.5) is 17.2 Å². The van der Waals surface area contributed by atoms with Gasteiger partial charge in [-0.2, -0.15) is 9.78 Å². The molecular formula is C26H21N7O5S. The van der Waals surface area contributed by atoms with E-state index in [1.165, 1.54) is 25.6 Å². The van der Waals surface area contributed by atoms with E-state index in [9.17, 15) is 18.3 Å². The zero-order valence-electron chi connectivity index (χ0n) is 20.7. The Labute approximate surface area is 222 Å². The number of phenols is 1. The minimum atomic E-state index is -3.77. The number of carbonyl (C=O) groups is 1. The summed E-state index contributed by atoms with van der Waals surface area (Å²) in [6.07, 6.45) is 5.07. The summed E-state index contributed by atoms with van der Waals surface area (Å²) in [6.45, 7) is 0. The van der Waals surface area contributed by atoms with Crippen molar-refractivity contribution < 1.29 is 23.1 Å². The number of rotatable bonds is 7. The number of nitrogens with zero attached hydrogens (tertiary/aromatic N) is 6. The van der Waals surface area contributed by atoms with E-state index in [1.54, 1.807) is 54.6 Å². The molecule has 12 nitrogen and oxygen atoms in total. The van der Waals surface area contributed by atoms with Gasteiger partial charge in [-0.25, -0.2) is 18.4 Å². The average Bonchev–Trinajstić information content (AvgIpc) is 3.38. The summed E-state index contributed by atoms with van der Waals surface area (Å²) in [7, 11) is -2.23.